The molecule has 1 aromatic heterocycles. The second kappa shape index (κ2) is 8.76. The number of aromatic nitrogens is 2. The summed E-state index contributed by atoms with van der Waals surface area (Å²) in [6.07, 6.45) is 1.21. The van der Waals surface area contributed by atoms with Crippen LogP contribution in [-0.2, 0) is 11.2 Å². The first-order valence-corrected chi connectivity index (χ1v) is 11.2. The van der Waals surface area contributed by atoms with Gasteiger partial charge in [-0.1, -0.05) is 35.9 Å². The van der Waals surface area contributed by atoms with Crippen LogP contribution in [-0.4, -0.2) is 32.2 Å². The molecule has 0 radical (unpaired) electrons. The third-order valence-corrected chi connectivity index (χ3v) is 6.27. The number of aliphatic carboxylic acids is 1. The molecule has 2 heterocycles. The predicted octanol–water partition coefficient (Wildman–Crippen LogP) is 4.45. The number of rotatable bonds is 6. The Balaban J connectivity index is 1.44. The van der Waals surface area contributed by atoms with Gasteiger partial charge in [0.25, 0.3) is 0 Å². The Morgan fingerprint density at radius 1 is 1.14 bits per heavy atom. The minimum Gasteiger partial charge on any atom is -0.479 e. The summed E-state index contributed by atoms with van der Waals surface area (Å²) in [5, 5.41) is 26.4. The molecular formula is C26H18ClN5O4. The van der Waals surface area contributed by atoms with E-state index in [1.165, 1.54) is 10.9 Å². The Morgan fingerprint density at radius 3 is 2.64 bits per heavy atom. The van der Waals surface area contributed by atoms with Crippen molar-refractivity contribution in [1.29, 1.82) is 5.26 Å². The minimum absolute atomic E-state index is 0.0260. The van der Waals surface area contributed by atoms with Crippen molar-refractivity contribution in [2.24, 2.45) is 0 Å². The highest BCUT2D eigenvalue weighted by Gasteiger charge is 2.51. The first-order chi connectivity index (χ1) is 17.3. The van der Waals surface area contributed by atoms with E-state index < -0.39 is 17.3 Å². The third kappa shape index (κ3) is 3.79. The zero-order chi connectivity index (χ0) is 25.4. The van der Waals surface area contributed by atoms with E-state index in [0.29, 0.717) is 28.4 Å². The highest BCUT2D eigenvalue weighted by Crippen LogP contribution is 2.37. The van der Waals surface area contributed by atoms with Crippen molar-refractivity contribution in [2.75, 3.05) is 11.1 Å². The number of nitrogens with two attached hydrogens (primary N) is 1. The van der Waals surface area contributed by atoms with E-state index in [2.05, 4.69) is 10.4 Å². The van der Waals surface area contributed by atoms with E-state index in [4.69, 9.17) is 27.3 Å². The van der Waals surface area contributed by atoms with Gasteiger partial charge in [0.1, 0.15) is 17.3 Å². The van der Waals surface area contributed by atoms with Gasteiger partial charge in [-0.3, -0.25) is 4.79 Å². The van der Waals surface area contributed by atoms with Gasteiger partial charge in [-0.05, 0) is 42.0 Å². The number of hydrogen-bond acceptors (Lipinski definition) is 7. The summed E-state index contributed by atoms with van der Waals surface area (Å²) in [5.41, 5.74) is 6.46. The molecule has 36 heavy (non-hydrogen) atoms. The van der Waals surface area contributed by atoms with Crippen LogP contribution in [0.15, 0.2) is 72.9 Å². The van der Waals surface area contributed by atoms with Gasteiger partial charge >= 0.3 is 5.97 Å². The molecule has 1 atom stereocenters. The monoisotopic (exact) mass is 499 g/mol. The van der Waals surface area contributed by atoms with Crippen LogP contribution >= 0.6 is 11.6 Å². The number of ketones is 1. The number of para-hydroxylation sites is 1. The average molecular weight is 500 g/mol. The second-order valence-electron chi connectivity index (χ2n) is 8.21. The molecule has 4 aromatic rings. The van der Waals surface area contributed by atoms with Gasteiger partial charge in [-0.25, -0.2) is 9.48 Å². The van der Waals surface area contributed by atoms with Gasteiger partial charge < -0.3 is 20.9 Å². The largest absolute Gasteiger partial charge is 0.479 e. The predicted molar refractivity (Wildman–Crippen MR) is 133 cm³/mol. The lowest BCUT2D eigenvalue weighted by molar-refractivity contribution is -0.140. The van der Waals surface area contributed by atoms with Crippen molar-refractivity contribution in [1.82, 2.24) is 9.78 Å². The molecule has 0 saturated carbocycles. The molecule has 1 aliphatic heterocycles. The Morgan fingerprint density at radius 2 is 1.92 bits per heavy atom. The summed E-state index contributed by atoms with van der Waals surface area (Å²) >= 11 is 6.48. The van der Waals surface area contributed by atoms with Crippen molar-refractivity contribution in [3.63, 3.8) is 0 Å². The lowest BCUT2D eigenvalue weighted by Crippen LogP contribution is -2.52. The Hall–Kier alpha value is -4.81. The number of nitrogen functional groups attached to an aromatic ring is 1. The molecule has 0 spiro atoms. The molecule has 9 nitrogen and oxygen atoms in total. The summed E-state index contributed by atoms with van der Waals surface area (Å²) in [5.74, 6) is -1.18. The molecule has 1 unspecified atom stereocenters. The molecule has 3 aromatic carbocycles. The molecule has 178 valence electrons. The van der Waals surface area contributed by atoms with Crippen LogP contribution in [0.4, 0.5) is 11.5 Å². The number of anilines is 2. The number of halogens is 1. The maximum absolute atomic E-state index is 13.5. The Kier molecular flexibility index (Phi) is 5.59. The molecule has 5 rings (SSSR count). The fourth-order valence-corrected chi connectivity index (χ4v) is 4.41. The van der Waals surface area contributed by atoms with Gasteiger partial charge in [0.2, 0.25) is 11.3 Å². The second-order valence-corrected chi connectivity index (χ2v) is 8.62. The van der Waals surface area contributed by atoms with Gasteiger partial charge in [0.05, 0.1) is 34.1 Å². The summed E-state index contributed by atoms with van der Waals surface area (Å²) in [4.78, 5) is 25.8. The average Bonchev–Trinajstić information content (AvgIpc) is 3.45. The number of benzene rings is 3. The molecular weight excluding hydrogens is 482 g/mol. The smallest absolute Gasteiger partial charge is 0.337 e. The lowest BCUT2D eigenvalue weighted by atomic mass is 9.87. The number of nitrogens with zero attached hydrogens (tertiary/aromatic N) is 3. The topological polar surface area (TPSA) is 143 Å². The van der Waals surface area contributed by atoms with Gasteiger partial charge in [-0.15, -0.1) is 0 Å². The molecule has 0 amide bonds. The fraction of sp³-hybridized carbons (Fsp3) is 0.0769. The van der Waals surface area contributed by atoms with Crippen molar-refractivity contribution in [2.45, 2.75) is 12.0 Å². The molecule has 0 bridgehead atoms. The number of fused-ring (bicyclic) bond motifs is 1. The molecule has 0 fully saturated rings. The summed E-state index contributed by atoms with van der Waals surface area (Å²) in [6.45, 7) is 0. The first kappa shape index (κ1) is 23.0. The summed E-state index contributed by atoms with van der Waals surface area (Å²) < 4.78 is 7.05. The highest BCUT2D eigenvalue weighted by molar-refractivity contribution is 6.32. The molecule has 10 heteroatoms. The van der Waals surface area contributed by atoms with Gasteiger partial charge in [0, 0.05) is 18.2 Å². The van der Waals surface area contributed by atoms with E-state index >= 15 is 0 Å². The van der Waals surface area contributed by atoms with E-state index in [1.54, 1.807) is 66.7 Å². The van der Waals surface area contributed by atoms with Crippen molar-refractivity contribution in [3.8, 4) is 23.3 Å². The normalized spacial score (nSPS) is 16.0. The van der Waals surface area contributed by atoms with Crippen LogP contribution in [0.2, 0.25) is 5.02 Å². The summed E-state index contributed by atoms with van der Waals surface area (Å²) in [7, 11) is 0. The van der Waals surface area contributed by atoms with Crippen molar-refractivity contribution < 1.29 is 19.4 Å². The van der Waals surface area contributed by atoms with E-state index in [0.717, 1.165) is 5.56 Å². The minimum atomic E-state index is -1.90. The van der Waals surface area contributed by atoms with Crippen LogP contribution in [0.1, 0.15) is 21.5 Å². The number of nitrogens with one attached hydrogen (secondary N) is 1. The third-order valence-electron chi connectivity index (χ3n) is 5.97. The van der Waals surface area contributed by atoms with Crippen LogP contribution in [0.5, 0.6) is 11.5 Å². The van der Waals surface area contributed by atoms with Crippen molar-refractivity contribution in [3.05, 3.63) is 94.6 Å². The number of hydrogen-bond donors (Lipinski definition) is 3. The molecule has 4 N–H and O–H groups in total. The molecule has 0 saturated heterocycles. The van der Waals surface area contributed by atoms with Crippen LogP contribution in [0.3, 0.4) is 0 Å². The highest BCUT2D eigenvalue weighted by atomic mass is 35.5. The maximum atomic E-state index is 13.5. The fourth-order valence-electron chi connectivity index (χ4n) is 4.16. The zero-order valence-electron chi connectivity index (χ0n) is 18.6. The number of carbonyl (C=O) groups excluding carboxylic acids is 1. The number of nitriles is 1. The van der Waals surface area contributed by atoms with Crippen LogP contribution in [0.25, 0.3) is 5.69 Å². The maximum Gasteiger partial charge on any atom is 0.337 e. The first-order valence-electron chi connectivity index (χ1n) is 10.8. The standard InChI is InChI=1S/C26H18ClN5O4/c27-20-11-18(36-17-6-3-4-15(10-17)13-28)8-9-22(20)32-24(29)19(14-30-32)23(33)26(25(34)35)12-16-5-1-2-7-21(16)31-26/h1-11,14,31H,12,29H2,(H,34,35). The Labute approximate surface area is 210 Å². The van der Waals surface area contributed by atoms with Crippen LogP contribution in [0, 0.1) is 11.3 Å². The number of Topliss-reactive ketones (excluding diaryl/α,β-unsaturated/α-hetero) is 1. The van der Waals surface area contributed by atoms with E-state index in [-0.39, 0.29) is 22.8 Å². The van der Waals surface area contributed by atoms with Gasteiger partial charge in [-0.2, -0.15) is 10.4 Å². The molecule has 0 aliphatic carbocycles. The number of ether oxygens (including phenoxy) is 1. The quantitative estimate of drug-likeness (QED) is 0.261. The Bertz CT molecular complexity index is 1550. The number of carboxylic acids is 1. The van der Waals surface area contributed by atoms with Crippen molar-refractivity contribution >= 4 is 34.9 Å². The summed E-state index contributed by atoms with van der Waals surface area (Å²) in [6, 6.07) is 20.5. The van der Waals surface area contributed by atoms with E-state index in [9.17, 15) is 14.7 Å². The molecule has 1 aliphatic rings. The number of carbonyl (C=O) groups is 2. The van der Waals surface area contributed by atoms with E-state index in [1.807, 2.05) is 6.07 Å². The number of carboxylic acid groups (broad SMARTS) is 1. The zero-order valence-corrected chi connectivity index (χ0v) is 19.4. The van der Waals surface area contributed by atoms with Gasteiger partial charge in [0.15, 0.2) is 0 Å². The lowest BCUT2D eigenvalue weighted by Gasteiger charge is -2.23. The SMILES string of the molecule is N#Cc1cccc(Oc2ccc(-n3ncc(C(=O)C4(C(=O)O)Cc5ccccc5N4)c3N)c(Cl)c2)c1. The van der Waals surface area contributed by atoms with Crippen LogP contribution < -0.4 is 15.8 Å².